The van der Waals surface area contributed by atoms with Gasteiger partial charge in [-0.25, -0.2) is 9.80 Å². The molecule has 1 heterocycles. The lowest BCUT2D eigenvalue weighted by Crippen LogP contribution is -2.34. The van der Waals surface area contributed by atoms with Crippen molar-refractivity contribution in [3.63, 3.8) is 0 Å². The molecule has 0 fully saturated rings. The molecule has 1 N–H and O–H groups in total. The quantitative estimate of drug-likeness (QED) is 0.528. The van der Waals surface area contributed by atoms with Crippen LogP contribution in [0.3, 0.4) is 0 Å². The van der Waals surface area contributed by atoms with Gasteiger partial charge in [0.1, 0.15) is 0 Å². The summed E-state index contributed by atoms with van der Waals surface area (Å²) in [4.78, 5) is 13.1. The molecule has 3 aromatic rings. The summed E-state index contributed by atoms with van der Waals surface area (Å²) in [6.07, 6.45) is 0.854. The zero-order chi connectivity index (χ0) is 20.0. The van der Waals surface area contributed by atoms with E-state index in [0.29, 0.717) is 15.7 Å². The number of halogens is 2. The summed E-state index contributed by atoms with van der Waals surface area (Å²) in [5.74, 6) is 0.115. The lowest BCUT2D eigenvalue weighted by molar-refractivity contribution is 0.190. The van der Waals surface area contributed by atoms with Gasteiger partial charge in [-0.15, -0.1) is 0 Å². The molecular weight excluding hydrogens is 405 g/mol. The second kappa shape index (κ2) is 7.21. The van der Waals surface area contributed by atoms with Crippen LogP contribution in [-0.2, 0) is 6.42 Å². The van der Waals surface area contributed by atoms with Crippen LogP contribution in [0.2, 0.25) is 10.0 Å². The maximum absolute atomic E-state index is 13.1. The molecule has 3 aromatic carbocycles. The number of rotatable bonds is 2. The van der Waals surface area contributed by atoms with Crippen molar-refractivity contribution in [2.75, 3.05) is 5.32 Å². The summed E-state index contributed by atoms with van der Waals surface area (Å²) in [5.41, 5.74) is 5.04. The zero-order valence-corrected chi connectivity index (χ0v) is 16.9. The van der Waals surface area contributed by atoms with E-state index in [1.807, 2.05) is 36.4 Å². The highest BCUT2D eigenvalue weighted by Crippen LogP contribution is 2.44. The van der Waals surface area contributed by atoms with Gasteiger partial charge in [-0.1, -0.05) is 59.6 Å². The highest BCUT2D eigenvalue weighted by Gasteiger charge is 2.45. The Balaban J connectivity index is 1.52. The number of urea groups is 1. The van der Waals surface area contributed by atoms with Gasteiger partial charge in [-0.05, 0) is 53.9 Å². The van der Waals surface area contributed by atoms with E-state index >= 15 is 0 Å². The summed E-state index contributed by atoms with van der Waals surface area (Å²) in [7, 11) is 0. The molecule has 5 rings (SSSR count). The number of carbonyl (C=O) groups is 1. The number of amides is 2. The number of hydrogen-bond acceptors (Lipinski definition) is 2. The number of nitrogens with zero attached hydrogens (tertiary/aromatic N) is 2. The van der Waals surface area contributed by atoms with Crippen molar-refractivity contribution < 1.29 is 4.79 Å². The van der Waals surface area contributed by atoms with E-state index < -0.39 is 0 Å². The summed E-state index contributed by atoms with van der Waals surface area (Å²) < 4.78 is 0. The SMILES string of the molecule is O=C(Nc1ccc(Cl)cc1)N1N=C2c3ccccc3C[C@H]2[C@@H]1c1ccc(Cl)cc1. The molecular formula is C23H17Cl2N3O. The molecule has 0 aromatic heterocycles. The monoisotopic (exact) mass is 421 g/mol. The van der Waals surface area contributed by atoms with E-state index in [2.05, 4.69) is 17.4 Å². The van der Waals surface area contributed by atoms with Gasteiger partial charge < -0.3 is 5.32 Å². The van der Waals surface area contributed by atoms with E-state index in [4.69, 9.17) is 28.3 Å². The van der Waals surface area contributed by atoms with Gasteiger partial charge in [-0.2, -0.15) is 5.10 Å². The van der Waals surface area contributed by atoms with Gasteiger partial charge in [-0.3, -0.25) is 0 Å². The average molecular weight is 422 g/mol. The molecule has 2 aliphatic rings. The van der Waals surface area contributed by atoms with Crippen molar-refractivity contribution in [2.24, 2.45) is 11.0 Å². The predicted octanol–water partition coefficient (Wildman–Crippen LogP) is 6.16. The molecule has 6 heteroatoms. The van der Waals surface area contributed by atoms with Gasteiger partial charge in [0.15, 0.2) is 0 Å². The number of carbonyl (C=O) groups excluding carboxylic acids is 1. The maximum Gasteiger partial charge on any atom is 0.342 e. The summed E-state index contributed by atoms with van der Waals surface area (Å²) >= 11 is 12.0. The number of anilines is 1. The van der Waals surface area contributed by atoms with Crippen LogP contribution in [-0.4, -0.2) is 16.8 Å². The van der Waals surface area contributed by atoms with Crippen LogP contribution < -0.4 is 5.32 Å². The fourth-order valence-electron chi connectivity index (χ4n) is 4.14. The highest BCUT2D eigenvalue weighted by molar-refractivity contribution is 6.30. The Morgan fingerprint density at radius 1 is 0.931 bits per heavy atom. The van der Waals surface area contributed by atoms with E-state index in [9.17, 15) is 4.79 Å². The number of nitrogens with one attached hydrogen (secondary N) is 1. The van der Waals surface area contributed by atoms with Gasteiger partial charge >= 0.3 is 6.03 Å². The minimum Gasteiger partial charge on any atom is -0.306 e. The third-order valence-corrected chi connectivity index (χ3v) is 5.96. The minimum atomic E-state index is -0.272. The molecule has 2 amide bonds. The topological polar surface area (TPSA) is 44.7 Å². The van der Waals surface area contributed by atoms with Crippen molar-refractivity contribution >= 4 is 40.6 Å². The minimum absolute atomic E-state index is 0.115. The Bertz CT molecular complexity index is 1110. The zero-order valence-electron chi connectivity index (χ0n) is 15.3. The average Bonchev–Trinajstić information content (AvgIpc) is 3.27. The predicted molar refractivity (Wildman–Crippen MR) is 117 cm³/mol. The second-order valence-corrected chi connectivity index (χ2v) is 8.10. The molecule has 2 atom stereocenters. The maximum atomic E-state index is 13.1. The summed E-state index contributed by atoms with van der Waals surface area (Å²) in [5, 5.41) is 10.5. The Hall–Kier alpha value is -2.82. The van der Waals surface area contributed by atoms with E-state index in [0.717, 1.165) is 23.3 Å². The Morgan fingerprint density at radius 3 is 2.31 bits per heavy atom. The molecule has 1 aliphatic heterocycles. The number of benzene rings is 3. The largest absolute Gasteiger partial charge is 0.342 e. The third kappa shape index (κ3) is 3.28. The molecule has 0 saturated heterocycles. The second-order valence-electron chi connectivity index (χ2n) is 7.23. The molecule has 4 nitrogen and oxygen atoms in total. The molecule has 0 radical (unpaired) electrons. The standard InChI is InChI=1S/C23H17Cl2N3O/c24-16-7-5-14(6-8-16)22-20-13-15-3-1-2-4-19(15)21(20)27-28(22)23(29)26-18-11-9-17(25)10-12-18/h1-12,20,22H,13H2,(H,26,29)/t20-,22+/m1/s1. The van der Waals surface area contributed by atoms with Crippen molar-refractivity contribution in [1.29, 1.82) is 0 Å². The van der Waals surface area contributed by atoms with Gasteiger partial charge in [0.05, 0.1) is 11.8 Å². The third-order valence-electron chi connectivity index (χ3n) is 5.46. The molecule has 29 heavy (non-hydrogen) atoms. The molecule has 0 unspecified atom stereocenters. The summed E-state index contributed by atoms with van der Waals surface area (Å²) in [6.45, 7) is 0. The fourth-order valence-corrected chi connectivity index (χ4v) is 4.39. The Kier molecular flexibility index (Phi) is 4.53. The van der Waals surface area contributed by atoms with Gasteiger partial charge in [0, 0.05) is 27.2 Å². The fraction of sp³-hybridized carbons (Fsp3) is 0.130. The molecule has 0 bridgehead atoms. The first-order valence-corrected chi connectivity index (χ1v) is 10.1. The summed E-state index contributed by atoms with van der Waals surface area (Å²) in [6, 6.07) is 22.5. The van der Waals surface area contributed by atoms with E-state index in [1.54, 1.807) is 29.3 Å². The van der Waals surface area contributed by atoms with Crippen LogP contribution in [0.15, 0.2) is 77.9 Å². The molecule has 144 valence electrons. The van der Waals surface area contributed by atoms with Crippen molar-refractivity contribution in [3.8, 4) is 0 Å². The van der Waals surface area contributed by atoms with Crippen LogP contribution in [0.5, 0.6) is 0 Å². The number of hydrazone groups is 1. The number of fused-ring (bicyclic) bond motifs is 3. The van der Waals surface area contributed by atoms with Crippen LogP contribution in [0.1, 0.15) is 22.7 Å². The lowest BCUT2D eigenvalue weighted by atomic mass is 9.90. The van der Waals surface area contributed by atoms with Gasteiger partial charge in [0.2, 0.25) is 0 Å². The number of hydrogen-bond donors (Lipinski definition) is 1. The normalized spacial score (nSPS) is 19.5. The van der Waals surface area contributed by atoms with E-state index in [-0.39, 0.29) is 18.0 Å². The van der Waals surface area contributed by atoms with Crippen LogP contribution in [0.25, 0.3) is 0 Å². The first-order valence-electron chi connectivity index (χ1n) is 9.38. The molecule has 0 spiro atoms. The van der Waals surface area contributed by atoms with Crippen LogP contribution in [0.4, 0.5) is 10.5 Å². The van der Waals surface area contributed by atoms with E-state index in [1.165, 1.54) is 5.56 Å². The van der Waals surface area contributed by atoms with Crippen molar-refractivity contribution in [3.05, 3.63) is 99.5 Å². The van der Waals surface area contributed by atoms with Crippen LogP contribution >= 0.6 is 23.2 Å². The smallest absolute Gasteiger partial charge is 0.306 e. The molecule has 0 saturated carbocycles. The van der Waals surface area contributed by atoms with Crippen molar-refractivity contribution in [2.45, 2.75) is 12.5 Å². The van der Waals surface area contributed by atoms with Gasteiger partial charge in [0.25, 0.3) is 0 Å². The first kappa shape index (κ1) is 18.2. The van der Waals surface area contributed by atoms with Crippen molar-refractivity contribution in [1.82, 2.24) is 5.01 Å². The Morgan fingerprint density at radius 2 is 1.59 bits per heavy atom. The van der Waals surface area contributed by atoms with Crippen LogP contribution in [0, 0.1) is 5.92 Å². The lowest BCUT2D eigenvalue weighted by Gasteiger charge is -2.26. The molecule has 1 aliphatic carbocycles. The highest BCUT2D eigenvalue weighted by atomic mass is 35.5. The Labute approximate surface area is 178 Å². The first-order chi connectivity index (χ1) is 14.1.